The van der Waals surface area contributed by atoms with E-state index in [2.05, 4.69) is 5.32 Å². The normalized spacial score (nSPS) is 22.2. The fraction of sp³-hybridized carbons (Fsp3) is 0.833. The van der Waals surface area contributed by atoms with Gasteiger partial charge in [-0.15, -0.1) is 0 Å². The van der Waals surface area contributed by atoms with Crippen LogP contribution in [0.15, 0.2) is 0 Å². The molecule has 0 bridgehead atoms. The fourth-order valence-electron chi connectivity index (χ4n) is 2.05. The number of carbonyl (C=O) groups is 1. The second kappa shape index (κ2) is 6.91. The number of amides is 1. The first-order valence-corrected chi connectivity index (χ1v) is 6.61. The Bertz CT molecular complexity index is 276. The maximum Gasteiger partial charge on any atom is 0.230 e. The highest BCUT2D eigenvalue weighted by Gasteiger charge is 2.25. The third kappa shape index (κ3) is 4.60. The van der Waals surface area contributed by atoms with Crippen molar-refractivity contribution in [3.05, 3.63) is 0 Å². The number of nitrogens with one attached hydrogen (secondary N) is 1. The third-order valence-electron chi connectivity index (χ3n) is 3.03. The van der Waals surface area contributed by atoms with Gasteiger partial charge in [0.2, 0.25) is 5.91 Å². The van der Waals surface area contributed by atoms with Crippen molar-refractivity contribution in [3.8, 4) is 0 Å². The monoisotopic (exact) mass is 258 g/mol. The Morgan fingerprint density at radius 1 is 1.53 bits per heavy atom. The number of ether oxygens (including phenoxy) is 1. The van der Waals surface area contributed by atoms with Gasteiger partial charge in [0.05, 0.1) is 17.0 Å². The molecule has 0 aromatic carbocycles. The smallest absolute Gasteiger partial charge is 0.230 e. The van der Waals surface area contributed by atoms with E-state index in [1.807, 2.05) is 13.8 Å². The van der Waals surface area contributed by atoms with E-state index in [0.29, 0.717) is 6.54 Å². The Kier molecular flexibility index (Phi) is 5.85. The lowest BCUT2D eigenvalue weighted by Crippen LogP contribution is -2.44. The fourth-order valence-corrected chi connectivity index (χ4v) is 2.43. The van der Waals surface area contributed by atoms with Crippen LogP contribution in [0.25, 0.3) is 0 Å². The quantitative estimate of drug-likeness (QED) is 0.728. The van der Waals surface area contributed by atoms with Crippen molar-refractivity contribution in [1.82, 2.24) is 5.32 Å². The largest absolute Gasteiger partial charge is 0.393 e. The topological polar surface area (TPSA) is 64.3 Å². The molecule has 5 heteroatoms. The second-order valence-corrected chi connectivity index (χ2v) is 5.33. The van der Waals surface area contributed by atoms with Gasteiger partial charge >= 0.3 is 0 Å². The van der Waals surface area contributed by atoms with Gasteiger partial charge in [0.1, 0.15) is 0 Å². The highest BCUT2D eigenvalue weighted by Crippen LogP contribution is 2.14. The van der Waals surface area contributed by atoms with E-state index < -0.39 is 0 Å². The van der Waals surface area contributed by atoms with Gasteiger partial charge in [-0.2, -0.15) is 0 Å². The van der Waals surface area contributed by atoms with E-state index in [0.717, 1.165) is 19.4 Å². The molecule has 2 atom stereocenters. The Labute approximate surface area is 108 Å². The zero-order valence-electron chi connectivity index (χ0n) is 10.6. The van der Waals surface area contributed by atoms with Crippen LogP contribution in [0.3, 0.4) is 0 Å². The molecule has 1 aliphatic heterocycles. The summed E-state index contributed by atoms with van der Waals surface area (Å²) in [6.07, 6.45) is 3.45. The van der Waals surface area contributed by atoms with Crippen molar-refractivity contribution in [1.29, 1.82) is 0 Å². The standard InChI is InChI=1S/C12H22N2O2S/c1-8(2)10(11(13)17)12(15)14-7-9-5-3-4-6-16-9/h8-10H,3-7H2,1-2H3,(H2,13,17)(H,14,15). The second-order valence-electron chi connectivity index (χ2n) is 4.86. The SMILES string of the molecule is CC(C)C(C(=O)NCC1CCCCO1)C(N)=S. The Morgan fingerprint density at radius 2 is 2.24 bits per heavy atom. The molecule has 2 unspecified atom stereocenters. The summed E-state index contributed by atoms with van der Waals surface area (Å²) in [5.41, 5.74) is 5.59. The molecule has 0 radical (unpaired) electrons. The molecule has 1 saturated heterocycles. The van der Waals surface area contributed by atoms with Crippen LogP contribution < -0.4 is 11.1 Å². The average Bonchev–Trinajstić information content (AvgIpc) is 2.27. The minimum Gasteiger partial charge on any atom is -0.393 e. The molecular formula is C12H22N2O2S. The van der Waals surface area contributed by atoms with Crippen LogP contribution >= 0.6 is 12.2 Å². The summed E-state index contributed by atoms with van der Waals surface area (Å²) < 4.78 is 5.55. The molecule has 1 heterocycles. The van der Waals surface area contributed by atoms with Crippen LogP contribution in [0, 0.1) is 11.8 Å². The summed E-state index contributed by atoms with van der Waals surface area (Å²) in [6, 6.07) is 0. The predicted molar refractivity (Wildman–Crippen MR) is 71.7 cm³/mol. The van der Waals surface area contributed by atoms with Crippen molar-refractivity contribution < 1.29 is 9.53 Å². The van der Waals surface area contributed by atoms with E-state index in [-0.39, 0.29) is 28.8 Å². The predicted octanol–water partition coefficient (Wildman–Crippen LogP) is 1.23. The Morgan fingerprint density at radius 3 is 2.71 bits per heavy atom. The molecule has 1 amide bonds. The highest BCUT2D eigenvalue weighted by atomic mass is 32.1. The molecule has 0 aliphatic carbocycles. The molecule has 0 aromatic heterocycles. The van der Waals surface area contributed by atoms with Crippen molar-refractivity contribution in [2.45, 2.75) is 39.2 Å². The van der Waals surface area contributed by atoms with Crippen LogP contribution in [-0.2, 0) is 9.53 Å². The van der Waals surface area contributed by atoms with Gasteiger partial charge in [-0.05, 0) is 25.2 Å². The Balaban J connectivity index is 2.38. The number of hydrogen-bond acceptors (Lipinski definition) is 3. The van der Waals surface area contributed by atoms with E-state index in [1.54, 1.807) is 0 Å². The zero-order valence-corrected chi connectivity index (χ0v) is 11.4. The minimum absolute atomic E-state index is 0.0818. The molecule has 0 spiro atoms. The van der Waals surface area contributed by atoms with Crippen LogP contribution in [0.5, 0.6) is 0 Å². The van der Waals surface area contributed by atoms with E-state index >= 15 is 0 Å². The molecule has 17 heavy (non-hydrogen) atoms. The summed E-state index contributed by atoms with van der Waals surface area (Å²) >= 11 is 4.93. The highest BCUT2D eigenvalue weighted by molar-refractivity contribution is 7.80. The average molecular weight is 258 g/mol. The summed E-state index contributed by atoms with van der Waals surface area (Å²) in [7, 11) is 0. The summed E-state index contributed by atoms with van der Waals surface area (Å²) in [5.74, 6) is -0.338. The lowest BCUT2D eigenvalue weighted by molar-refractivity contribution is -0.124. The number of hydrogen-bond donors (Lipinski definition) is 2. The first kappa shape index (κ1) is 14.4. The molecule has 0 aromatic rings. The molecule has 1 fully saturated rings. The van der Waals surface area contributed by atoms with Gasteiger partial charge in [-0.25, -0.2) is 0 Å². The van der Waals surface area contributed by atoms with Crippen LogP contribution in [0.2, 0.25) is 0 Å². The van der Waals surface area contributed by atoms with Gasteiger partial charge in [0, 0.05) is 13.2 Å². The van der Waals surface area contributed by atoms with Gasteiger partial charge < -0.3 is 15.8 Å². The maximum atomic E-state index is 11.9. The van der Waals surface area contributed by atoms with E-state index in [4.69, 9.17) is 22.7 Å². The van der Waals surface area contributed by atoms with Crippen molar-refractivity contribution in [2.75, 3.05) is 13.2 Å². The minimum atomic E-state index is -0.381. The maximum absolute atomic E-state index is 11.9. The van der Waals surface area contributed by atoms with Crippen LogP contribution in [0.4, 0.5) is 0 Å². The molecular weight excluding hydrogens is 236 g/mol. The summed E-state index contributed by atoms with van der Waals surface area (Å²) in [4.78, 5) is 12.2. The molecule has 4 nitrogen and oxygen atoms in total. The number of thiocarbonyl (C=S) groups is 1. The zero-order chi connectivity index (χ0) is 12.8. The summed E-state index contributed by atoms with van der Waals surface area (Å²) in [6.45, 7) is 5.25. The molecule has 1 rings (SSSR count). The van der Waals surface area contributed by atoms with Crippen LogP contribution in [-0.4, -0.2) is 30.2 Å². The summed E-state index contributed by atoms with van der Waals surface area (Å²) in [5, 5.41) is 2.88. The molecule has 0 saturated carbocycles. The van der Waals surface area contributed by atoms with Gasteiger partial charge in [-0.3, -0.25) is 4.79 Å². The number of rotatable bonds is 5. The van der Waals surface area contributed by atoms with Crippen LogP contribution in [0.1, 0.15) is 33.1 Å². The molecule has 3 N–H and O–H groups in total. The molecule has 1 aliphatic rings. The first-order chi connectivity index (χ1) is 8.02. The third-order valence-corrected chi connectivity index (χ3v) is 3.29. The van der Waals surface area contributed by atoms with Crippen molar-refractivity contribution >= 4 is 23.1 Å². The lowest BCUT2D eigenvalue weighted by Gasteiger charge is -2.24. The van der Waals surface area contributed by atoms with Gasteiger partial charge in [0.15, 0.2) is 0 Å². The van der Waals surface area contributed by atoms with E-state index in [1.165, 1.54) is 6.42 Å². The number of nitrogens with two attached hydrogens (primary N) is 1. The van der Waals surface area contributed by atoms with Gasteiger partial charge in [-0.1, -0.05) is 26.1 Å². The van der Waals surface area contributed by atoms with E-state index in [9.17, 15) is 4.79 Å². The lowest BCUT2D eigenvalue weighted by atomic mass is 9.95. The molecule has 98 valence electrons. The number of carbonyl (C=O) groups excluding carboxylic acids is 1. The Hall–Kier alpha value is -0.680. The van der Waals surface area contributed by atoms with Crippen molar-refractivity contribution in [3.63, 3.8) is 0 Å². The van der Waals surface area contributed by atoms with Gasteiger partial charge in [0.25, 0.3) is 0 Å². The first-order valence-electron chi connectivity index (χ1n) is 6.21. The van der Waals surface area contributed by atoms with Crippen molar-refractivity contribution in [2.24, 2.45) is 17.6 Å².